The summed E-state index contributed by atoms with van der Waals surface area (Å²) in [6, 6.07) is 33.0. The Morgan fingerprint density at radius 3 is 1.40 bits per heavy atom. The minimum Gasteiger partial charge on any atom is -0.494 e. The Bertz CT molecular complexity index is 1370. The molecule has 0 aliphatic rings. The Morgan fingerprint density at radius 2 is 1.00 bits per heavy atom. The molecule has 0 saturated heterocycles. The summed E-state index contributed by atoms with van der Waals surface area (Å²) in [4.78, 5) is 0. The molecule has 35 heavy (non-hydrogen) atoms. The number of aryl methyl sites for hydroxylation is 1. The van der Waals surface area contributed by atoms with E-state index in [0.717, 1.165) is 52.0 Å². The molecular weight excluding hydrogens is 424 g/mol. The minimum absolute atomic E-state index is 0.666. The summed E-state index contributed by atoms with van der Waals surface area (Å²) in [6.45, 7) is 6.42. The second kappa shape index (κ2) is 12.1. The molecule has 170 valence electrons. The molecule has 0 unspecified atom stereocenters. The Balaban J connectivity index is 1.38. The van der Waals surface area contributed by atoms with Gasteiger partial charge in [0.1, 0.15) is 5.75 Å². The van der Waals surface area contributed by atoms with Crippen molar-refractivity contribution in [2.75, 3.05) is 6.61 Å². The molecule has 0 saturated carbocycles. The maximum absolute atomic E-state index is 5.48. The topological polar surface area (TPSA) is 9.23 Å². The van der Waals surface area contributed by atoms with Crippen molar-refractivity contribution in [1.82, 2.24) is 0 Å². The van der Waals surface area contributed by atoms with Crippen LogP contribution in [0.4, 0.5) is 0 Å². The fourth-order valence-corrected chi connectivity index (χ4v) is 3.61. The van der Waals surface area contributed by atoms with Crippen molar-refractivity contribution in [2.45, 2.75) is 19.8 Å². The van der Waals surface area contributed by atoms with E-state index >= 15 is 0 Å². The molecule has 0 fully saturated rings. The Morgan fingerprint density at radius 1 is 0.600 bits per heavy atom. The number of hydrogen-bond acceptors (Lipinski definition) is 1. The monoisotopic (exact) mass is 452 g/mol. The third-order valence-corrected chi connectivity index (χ3v) is 5.56. The van der Waals surface area contributed by atoms with Crippen molar-refractivity contribution in [2.24, 2.45) is 0 Å². The van der Waals surface area contributed by atoms with Gasteiger partial charge in [0.2, 0.25) is 0 Å². The number of rotatable bonds is 6. The quantitative estimate of drug-likeness (QED) is 0.215. The predicted octanol–water partition coefficient (Wildman–Crippen LogP) is 7.67. The first-order chi connectivity index (χ1) is 17.2. The van der Waals surface area contributed by atoms with Crippen molar-refractivity contribution in [3.63, 3.8) is 0 Å². The van der Waals surface area contributed by atoms with E-state index in [1.807, 2.05) is 37.3 Å². The van der Waals surface area contributed by atoms with Crippen LogP contribution in [0.5, 0.6) is 5.75 Å². The van der Waals surface area contributed by atoms with Crippen LogP contribution >= 0.6 is 0 Å². The molecule has 0 bridgehead atoms. The van der Waals surface area contributed by atoms with Gasteiger partial charge in [-0.2, -0.15) is 0 Å². The van der Waals surface area contributed by atoms with Gasteiger partial charge in [0.25, 0.3) is 0 Å². The Hall–Kier alpha value is -4.46. The lowest BCUT2D eigenvalue weighted by Crippen LogP contribution is -1.90. The van der Waals surface area contributed by atoms with Gasteiger partial charge >= 0.3 is 0 Å². The number of hydrogen-bond donors (Lipinski definition) is 0. The molecule has 0 spiro atoms. The van der Waals surface area contributed by atoms with E-state index in [1.54, 1.807) is 0 Å². The molecule has 0 aromatic heterocycles. The zero-order chi connectivity index (χ0) is 24.3. The second-order valence-electron chi connectivity index (χ2n) is 8.14. The van der Waals surface area contributed by atoms with Crippen LogP contribution in [-0.4, -0.2) is 6.61 Å². The lowest BCUT2D eigenvalue weighted by atomic mass is 10.0. The fourth-order valence-electron chi connectivity index (χ4n) is 3.61. The first-order valence-corrected chi connectivity index (χ1v) is 11.9. The van der Waals surface area contributed by atoms with Gasteiger partial charge in [-0.05, 0) is 97.1 Å². The van der Waals surface area contributed by atoms with Gasteiger partial charge in [0, 0.05) is 22.3 Å². The molecule has 4 aromatic rings. The first kappa shape index (κ1) is 23.7. The van der Waals surface area contributed by atoms with Crippen LogP contribution in [0.2, 0.25) is 0 Å². The molecular formula is C34H28O. The average molecular weight is 453 g/mol. The third-order valence-electron chi connectivity index (χ3n) is 5.56. The van der Waals surface area contributed by atoms with E-state index in [1.165, 1.54) is 5.56 Å². The van der Waals surface area contributed by atoms with Crippen molar-refractivity contribution in [3.8, 4) is 40.6 Å². The first-order valence-electron chi connectivity index (χ1n) is 11.9. The summed E-state index contributed by atoms with van der Waals surface area (Å²) in [5.74, 6) is 13.8. The normalized spacial score (nSPS) is 9.86. The molecule has 0 heterocycles. The molecule has 1 nitrogen and oxygen atoms in total. The van der Waals surface area contributed by atoms with Crippen LogP contribution in [0.15, 0.2) is 110 Å². The van der Waals surface area contributed by atoms with Crippen molar-refractivity contribution < 1.29 is 4.74 Å². The van der Waals surface area contributed by atoms with Gasteiger partial charge in [-0.3, -0.25) is 0 Å². The van der Waals surface area contributed by atoms with E-state index < -0.39 is 0 Å². The number of ether oxygens (including phenoxy) is 1. The second-order valence-corrected chi connectivity index (χ2v) is 8.14. The van der Waals surface area contributed by atoms with Gasteiger partial charge in [0.15, 0.2) is 0 Å². The Kier molecular flexibility index (Phi) is 8.21. The summed E-state index contributed by atoms with van der Waals surface area (Å²) in [6.07, 6.45) is 3.97. The molecule has 0 radical (unpaired) electrons. The molecule has 0 amide bonds. The highest BCUT2D eigenvalue weighted by Crippen LogP contribution is 2.20. The van der Waals surface area contributed by atoms with Crippen LogP contribution in [-0.2, 0) is 6.42 Å². The largest absolute Gasteiger partial charge is 0.494 e. The molecule has 1 heteroatoms. The maximum atomic E-state index is 5.48. The zero-order valence-corrected chi connectivity index (χ0v) is 20.1. The highest BCUT2D eigenvalue weighted by atomic mass is 16.5. The number of allylic oxidation sites excluding steroid dienone is 1. The molecule has 0 N–H and O–H groups in total. The third kappa shape index (κ3) is 7.01. The minimum atomic E-state index is 0.666. The van der Waals surface area contributed by atoms with Gasteiger partial charge in [-0.15, -0.1) is 6.58 Å². The van der Waals surface area contributed by atoms with Crippen molar-refractivity contribution >= 4 is 0 Å². The standard InChI is InChI=1S/C34H28O/c1-3-5-6-27-7-9-28(10-8-27)11-12-29-15-21-32(22-16-29)33-23-17-30(18-24-33)13-14-31-19-25-34(26-20-31)35-4-2/h3,7-10,15-26H,1,4-6H2,2H3. The smallest absolute Gasteiger partial charge is 0.119 e. The summed E-state index contributed by atoms with van der Waals surface area (Å²) >= 11 is 0. The van der Waals surface area contributed by atoms with Crippen LogP contribution in [0.25, 0.3) is 11.1 Å². The number of benzene rings is 4. The van der Waals surface area contributed by atoms with E-state index in [9.17, 15) is 0 Å². The lowest BCUT2D eigenvalue weighted by molar-refractivity contribution is 0.340. The van der Waals surface area contributed by atoms with Crippen LogP contribution in [0.3, 0.4) is 0 Å². The van der Waals surface area contributed by atoms with Gasteiger partial charge < -0.3 is 4.74 Å². The van der Waals surface area contributed by atoms with E-state index in [4.69, 9.17) is 4.74 Å². The van der Waals surface area contributed by atoms with Crippen molar-refractivity contribution in [3.05, 3.63) is 138 Å². The van der Waals surface area contributed by atoms with E-state index in [2.05, 4.69) is 103 Å². The summed E-state index contributed by atoms with van der Waals surface area (Å²) in [5.41, 5.74) is 7.62. The molecule has 0 aliphatic carbocycles. The maximum Gasteiger partial charge on any atom is 0.119 e. The predicted molar refractivity (Wildman–Crippen MR) is 146 cm³/mol. The zero-order valence-electron chi connectivity index (χ0n) is 20.1. The average Bonchev–Trinajstić information content (AvgIpc) is 2.92. The highest BCUT2D eigenvalue weighted by molar-refractivity contribution is 5.65. The molecule has 4 aromatic carbocycles. The highest BCUT2D eigenvalue weighted by Gasteiger charge is 1.98. The van der Waals surface area contributed by atoms with E-state index in [-0.39, 0.29) is 0 Å². The SMILES string of the molecule is C=CCCc1ccc(C#Cc2ccc(-c3ccc(C#Cc4ccc(OCC)cc4)cc3)cc2)cc1. The van der Waals surface area contributed by atoms with Crippen molar-refractivity contribution in [1.29, 1.82) is 0 Å². The van der Waals surface area contributed by atoms with Crippen LogP contribution < -0.4 is 4.74 Å². The van der Waals surface area contributed by atoms with Gasteiger partial charge in [-0.25, -0.2) is 0 Å². The van der Waals surface area contributed by atoms with E-state index in [0.29, 0.717) is 6.61 Å². The van der Waals surface area contributed by atoms with Gasteiger partial charge in [-0.1, -0.05) is 66.2 Å². The van der Waals surface area contributed by atoms with Gasteiger partial charge in [0.05, 0.1) is 6.61 Å². The molecule has 0 atom stereocenters. The van der Waals surface area contributed by atoms with Crippen LogP contribution in [0.1, 0.15) is 41.2 Å². The lowest BCUT2D eigenvalue weighted by Gasteiger charge is -2.02. The molecule has 4 rings (SSSR count). The fraction of sp³-hybridized carbons (Fsp3) is 0.118. The van der Waals surface area contributed by atoms with Crippen LogP contribution in [0, 0.1) is 23.7 Å². The Labute approximate surface area is 209 Å². The summed E-state index contributed by atoms with van der Waals surface area (Å²) in [5, 5.41) is 0. The summed E-state index contributed by atoms with van der Waals surface area (Å²) < 4.78 is 5.48. The molecule has 0 aliphatic heterocycles. The summed E-state index contributed by atoms with van der Waals surface area (Å²) in [7, 11) is 0.